The van der Waals surface area contributed by atoms with E-state index in [1.54, 1.807) is 30.3 Å². The van der Waals surface area contributed by atoms with E-state index in [2.05, 4.69) is 15.4 Å². The highest BCUT2D eigenvalue weighted by Gasteiger charge is 2.11. The lowest BCUT2D eigenvalue weighted by molar-refractivity contribution is -0.116. The molecule has 0 bridgehead atoms. The maximum absolute atomic E-state index is 12.3. The third-order valence-corrected chi connectivity index (χ3v) is 3.28. The molecular weight excluding hydrogens is 330 g/mol. The second kappa shape index (κ2) is 9.36. The van der Waals surface area contributed by atoms with Crippen molar-refractivity contribution in [1.82, 2.24) is 5.32 Å². The Hall–Kier alpha value is -2.96. The van der Waals surface area contributed by atoms with Crippen LogP contribution in [0.15, 0.2) is 54.6 Å². The van der Waals surface area contributed by atoms with Gasteiger partial charge in [0.25, 0.3) is 5.91 Å². The van der Waals surface area contributed by atoms with E-state index in [0.717, 1.165) is 0 Å². The van der Waals surface area contributed by atoms with Gasteiger partial charge in [0, 0.05) is 18.5 Å². The van der Waals surface area contributed by atoms with Gasteiger partial charge in [0.2, 0.25) is 5.91 Å². The normalized spacial score (nSPS) is 10.4. The van der Waals surface area contributed by atoms with Crippen LogP contribution >= 0.6 is 0 Å². The number of hydrogen-bond acceptors (Lipinski definition) is 3. The minimum Gasteiger partial charge on any atom is -0.433 e. The van der Waals surface area contributed by atoms with Crippen molar-refractivity contribution in [2.45, 2.75) is 19.5 Å². The van der Waals surface area contributed by atoms with E-state index in [9.17, 15) is 18.4 Å². The van der Waals surface area contributed by atoms with Crippen LogP contribution in [-0.4, -0.2) is 25.0 Å². The van der Waals surface area contributed by atoms with Crippen LogP contribution in [0.3, 0.4) is 0 Å². The number of anilines is 1. The number of para-hydroxylation sites is 2. The fourth-order valence-electron chi connectivity index (χ4n) is 2.12. The number of hydrogen-bond donors (Lipinski definition) is 2. The number of halogens is 2. The molecule has 0 fully saturated rings. The molecule has 0 aliphatic heterocycles. The number of ether oxygens (including phenoxy) is 1. The summed E-state index contributed by atoms with van der Waals surface area (Å²) in [6, 6.07) is 14.7. The second-order valence-electron chi connectivity index (χ2n) is 5.15. The summed E-state index contributed by atoms with van der Waals surface area (Å²) in [6.07, 6.45) is 0.556. The molecular formula is C18H18F2N2O3. The van der Waals surface area contributed by atoms with Crippen LogP contribution in [0.1, 0.15) is 23.2 Å². The summed E-state index contributed by atoms with van der Waals surface area (Å²) in [5.41, 5.74) is 0.728. The molecule has 0 aliphatic carbocycles. The molecule has 5 nitrogen and oxygen atoms in total. The summed E-state index contributed by atoms with van der Waals surface area (Å²) >= 11 is 0. The van der Waals surface area contributed by atoms with E-state index in [-0.39, 0.29) is 29.7 Å². The fraction of sp³-hybridized carbons (Fsp3) is 0.222. The molecule has 0 saturated carbocycles. The molecule has 25 heavy (non-hydrogen) atoms. The van der Waals surface area contributed by atoms with Crippen LogP contribution in [-0.2, 0) is 4.79 Å². The van der Waals surface area contributed by atoms with Crippen LogP contribution in [0.5, 0.6) is 5.75 Å². The SMILES string of the molecule is O=C(CCCNC(=O)c1ccccc1)Nc1ccccc1OC(F)F. The number of rotatable bonds is 8. The fourth-order valence-corrected chi connectivity index (χ4v) is 2.12. The molecule has 0 aromatic heterocycles. The first-order chi connectivity index (χ1) is 12.1. The Kier molecular flexibility index (Phi) is 6.88. The van der Waals surface area contributed by atoms with E-state index < -0.39 is 6.61 Å². The van der Waals surface area contributed by atoms with Gasteiger partial charge in [-0.15, -0.1) is 0 Å². The standard InChI is InChI=1S/C18H18F2N2O3/c19-18(20)25-15-10-5-4-9-14(15)22-16(23)11-6-12-21-17(24)13-7-2-1-3-8-13/h1-5,7-10,18H,6,11-12H2,(H,21,24)(H,22,23). The quantitative estimate of drug-likeness (QED) is 0.718. The molecule has 0 heterocycles. The van der Waals surface area contributed by atoms with Gasteiger partial charge in [0.1, 0.15) is 5.75 Å². The molecule has 2 rings (SSSR count). The Balaban J connectivity index is 1.75. The van der Waals surface area contributed by atoms with Crippen molar-refractivity contribution in [1.29, 1.82) is 0 Å². The molecule has 0 aliphatic rings. The molecule has 0 radical (unpaired) electrons. The average molecular weight is 348 g/mol. The highest BCUT2D eigenvalue weighted by molar-refractivity contribution is 5.94. The van der Waals surface area contributed by atoms with Crippen molar-refractivity contribution in [3.05, 3.63) is 60.2 Å². The van der Waals surface area contributed by atoms with Gasteiger partial charge in [-0.3, -0.25) is 9.59 Å². The van der Waals surface area contributed by atoms with Crippen molar-refractivity contribution in [2.75, 3.05) is 11.9 Å². The monoisotopic (exact) mass is 348 g/mol. The Morgan fingerprint density at radius 2 is 1.68 bits per heavy atom. The highest BCUT2D eigenvalue weighted by atomic mass is 19.3. The second-order valence-corrected chi connectivity index (χ2v) is 5.15. The van der Waals surface area contributed by atoms with E-state index in [1.165, 1.54) is 18.2 Å². The number of benzene rings is 2. The van der Waals surface area contributed by atoms with Gasteiger partial charge in [-0.2, -0.15) is 8.78 Å². The summed E-state index contributed by atoms with van der Waals surface area (Å²) in [5.74, 6) is -0.654. The van der Waals surface area contributed by atoms with Gasteiger partial charge in [0.05, 0.1) is 5.69 Å². The molecule has 132 valence electrons. The molecule has 2 N–H and O–H groups in total. The minimum atomic E-state index is -2.97. The number of alkyl halides is 2. The van der Waals surface area contributed by atoms with Crippen LogP contribution in [0.2, 0.25) is 0 Å². The number of carbonyl (C=O) groups is 2. The Morgan fingerprint density at radius 1 is 1.00 bits per heavy atom. The molecule has 0 atom stereocenters. The van der Waals surface area contributed by atoms with Crippen LogP contribution in [0.25, 0.3) is 0 Å². The van der Waals surface area contributed by atoms with Gasteiger partial charge in [-0.25, -0.2) is 0 Å². The first-order valence-electron chi connectivity index (χ1n) is 7.73. The maximum atomic E-state index is 12.3. The highest BCUT2D eigenvalue weighted by Crippen LogP contribution is 2.25. The third-order valence-electron chi connectivity index (χ3n) is 3.28. The maximum Gasteiger partial charge on any atom is 0.387 e. The van der Waals surface area contributed by atoms with Crippen LogP contribution < -0.4 is 15.4 Å². The Morgan fingerprint density at radius 3 is 2.40 bits per heavy atom. The lowest BCUT2D eigenvalue weighted by Gasteiger charge is -2.11. The van der Waals surface area contributed by atoms with Crippen molar-refractivity contribution in [3.8, 4) is 5.75 Å². The Labute approximate surface area is 144 Å². The molecule has 7 heteroatoms. The van der Waals surface area contributed by atoms with Crippen molar-refractivity contribution < 1.29 is 23.1 Å². The first-order valence-corrected chi connectivity index (χ1v) is 7.73. The van der Waals surface area contributed by atoms with Gasteiger partial charge < -0.3 is 15.4 Å². The average Bonchev–Trinajstić information content (AvgIpc) is 2.60. The third kappa shape index (κ3) is 6.21. The zero-order valence-electron chi connectivity index (χ0n) is 13.4. The lowest BCUT2D eigenvalue weighted by atomic mass is 10.2. The van der Waals surface area contributed by atoms with Crippen molar-refractivity contribution in [2.24, 2.45) is 0 Å². The van der Waals surface area contributed by atoms with Crippen LogP contribution in [0.4, 0.5) is 14.5 Å². The predicted octanol–water partition coefficient (Wildman–Crippen LogP) is 3.44. The predicted molar refractivity (Wildman–Crippen MR) is 89.7 cm³/mol. The van der Waals surface area contributed by atoms with Gasteiger partial charge in [0.15, 0.2) is 0 Å². The molecule has 2 aromatic rings. The zero-order chi connectivity index (χ0) is 18.1. The molecule has 0 saturated heterocycles. The summed E-state index contributed by atoms with van der Waals surface area (Å²) in [6.45, 7) is -2.64. The summed E-state index contributed by atoms with van der Waals surface area (Å²) in [4.78, 5) is 23.7. The summed E-state index contributed by atoms with van der Waals surface area (Å²) in [5, 5.41) is 5.24. The van der Waals surface area contributed by atoms with Gasteiger partial charge >= 0.3 is 6.61 Å². The molecule has 2 aromatic carbocycles. The topological polar surface area (TPSA) is 67.4 Å². The molecule has 2 amide bonds. The number of nitrogens with one attached hydrogen (secondary N) is 2. The lowest BCUT2D eigenvalue weighted by Crippen LogP contribution is -2.25. The largest absolute Gasteiger partial charge is 0.433 e. The van der Waals surface area contributed by atoms with E-state index in [4.69, 9.17) is 0 Å². The summed E-state index contributed by atoms with van der Waals surface area (Å²) < 4.78 is 29.0. The van der Waals surface area contributed by atoms with Crippen molar-refractivity contribution in [3.63, 3.8) is 0 Å². The van der Waals surface area contributed by atoms with Crippen molar-refractivity contribution >= 4 is 17.5 Å². The van der Waals surface area contributed by atoms with E-state index in [0.29, 0.717) is 18.5 Å². The van der Waals surface area contributed by atoms with Crippen LogP contribution in [0, 0.1) is 0 Å². The van der Waals surface area contributed by atoms with Gasteiger partial charge in [-0.05, 0) is 30.7 Å². The van der Waals surface area contributed by atoms with E-state index >= 15 is 0 Å². The zero-order valence-corrected chi connectivity index (χ0v) is 13.4. The Bertz CT molecular complexity index is 708. The van der Waals surface area contributed by atoms with E-state index in [1.807, 2.05) is 6.07 Å². The smallest absolute Gasteiger partial charge is 0.387 e. The minimum absolute atomic E-state index is 0.0942. The molecule has 0 spiro atoms. The number of carbonyl (C=O) groups excluding carboxylic acids is 2. The molecule has 0 unspecified atom stereocenters. The summed E-state index contributed by atoms with van der Waals surface area (Å²) in [7, 11) is 0. The number of amides is 2. The first kappa shape index (κ1) is 18.4. The van der Waals surface area contributed by atoms with Gasteiger partial charge in [-0.1, -0.05) is 30.3 Å².